The van der Waals surface area contributed by atoms with Gasteiger partial charge in [-0.1, -0.05) is 36.4 Å². The zero-order chi connectivity index (χ0) is 12.8. The van der Waals surface area contributed by atoms with Crippen LogP contribution in [0.2, 0.25) is 0 Å². The fraction of sp³-hybridized carbons (Fsp3) is 0.286. The zero-order valence-corrected chi connectivity index (χ0v) is 11.5. The number of aromatic nitrogens is 2. The summed E-state index contributed by atoms with van der Waals surface area (Å²) in [6.07, 6.45) is 2.86. The maximum Gasteiger partial charge on any atom is 0.223 e. The van der Waals surface area contributed by atoms with Crippen molar-refractivity contribution in [3.8, 4) is 0 Å². The molecular formula is C14H17N3S. The Morgan fingerprint density at radius 2 is 2.17 bits per heavy atom. The second-order valence-electron chi connectivity index (χ2n) is 4.06. The van der Waals surface area contributed by atoms with Crippen LogP contribution in [0.4, 0.5) is 5.95 Å². The van der Waals surface area contributed by atoms with E-state index in [9.17, 15) is 0 Å². The van der Waals surface area contributed by atoms with E-state index < -0.39 is 0 Å². The van der Waals surface area contributed by atoms with Crippen molar-refractivity contribution in [1.29, 1.82) is 0 Å². The smallest absolute Gasteiger partial charge is 0.223 e. The summed E-state index contributed by atoms with van der Waals surface area (Å²) >= 11 is 1.66. The van der Waals surface area contributed by atoms with Gasteiger partial charge in [0.1, 0.15) is 5.03 Å². The third-order valence-electron chi connectivity index (χ3n) is 2.38. The maximum absolute atomic E-state index is 4.48. The summed E-state index contributed by atoms with van der Waals surface area (Å²) < 4.78 is 0. The van der Waals surface area contributed by atoms with Gasteiger partial charge in [-0.05, 0) is 31.5 Å². The zero-order valence-electron chi connectivity index (χ0n) is 10.7. The topological polar surface area (TPSA) is 37.8 Å². The van der Waals surface area contributed by atoms with Crippen LogP contribution in [0.15, 0.2) is 46.5 Å². The summed E-state index contributed by atoms with van der Waals surface area (Å²) in [5, 5.41) is 4.16. The number of nitrogens with zero attached hydrogens (tertiary/aromatic N) is 2. The number of nitrogens with one attached hydrogen (secondary N) is 1. The molecule has 0 saturated carbocycles. The first-order valence-electron chi connectivity index (χ1n) is 6.09. The van der Waals surface area contributed by atoms with Gasteiger partial charge in [-0.25, -0.2) is 9.97 Å². The van der Waals surface area contributed by atoms with Gasteiger partial charge >= 0.3 is 0 Å². The first-order valence-corrected chi connectivity index (χ1v) is 6.91. The molecule has 94 valence electrons. The lowest BCUT2D eigenvalue weighted by Crippen LogP contribution is -2.04. The van der Waals surface area contributed by atoms with E-state index >= 15 is 0 Å². The van der Waals surface area contributed by atoms with Crippen molar-refractivity contribution >= 4 is 17.7 Å². The lowest BCUT2D eigenvalue weighted by molar-refractivity contribution is 0.935. The average Bonchev–Trinajstić information content (AvgIpc) is 2.37. The lowest BCUT2D eigenvalue weighted by Gasteiger charge is -2.05. The molecule has 0 aliphatic carbocycles. The molecule has 0 aliphatic rings. The van der Waals surface area contributed by atoms with Crippen molar-refractivity contribution in [3.63, 3.8) is 0 Å². The molecule has 0 fully saturated rings. The van der Waals surface area contributed by atoms with Crippen LogP contribution in [-0.4, -0.2) is 16.5 Å². The van der Waals surface area contributed by atoms with E-state index in [2.05, 4.69) is 53.4 Å². The van der Waals surface area contributed by atoms with E-state index in [1.54, 1.807) is 18.0 Å². The predicted molar refractivity (Wildman–Crippen MR) is 76.1 cm³/mol. The van der Waals surface area contributed by atoms with E-state index in [-0.39, 0.29) is 0 Å². The van der Waals surface area contributed by atoms with Gasteiger partial charge < -0.3 is 5.32 Å². The van der Waals surface area contributed by atoms with Crippen LogP contribution in [0.5, 0.6) is 0 Å². The highest BCUT2D eigenvalue weighted by Crippen LogP contribution is 2.26. The Balaban J connectivity index is 2.09. The molecule has 2 rings (SSSR count). The molecule has 0 atom stereocenters. The number of hydrogen-bond acceptors (Lipinski definition) is 4. The van der Waals surface area contributed by atoms with Crippen molar-refractivity contribution in [1.82, 2.24) is 9.97 Å². The maximum atomic E-state index is 4.48. The molecule has 3 nitrogen and oxygen atoms in total. The molecule has 0 aliphatic heterocycles. The van der Waals surface area contributed by atoms with Crippen molar-refractivity contribution in [2.24, 2.45) is 0 Å². The van der Waals surface area contributed by atoms with E-state index in [4.69, 9.17) is 0 Å². The first kappa shape index (κ1) is 12.9. The van der Waals surface area contributed by atoms with Gasteiger partial charge in [0.15, 0.2) is 0 Å². The molecule has 0 radical (unpaired) electrons. The summed E-state index contributed by atoms with van der Waals surface area (Å²) in [6.45, 7) is 5.12. The van der Waals surface area contributed by atoms with E-state index in [1.165, 1.54) is 10.5 Å². The van der Waals surface area contributed by atoms with Crippen molar-refractivity contribution in [2.45, 2.75) is 30.2 Å². The van der Waals surface area contributed by atoms with Crippen LogP contribution in [0, 0.1) is 6.92 Å². The molecular weight excluding hydrogens is 242 g/mol. The minimum atomic E-state index is 0.703. The largest absolute Gasteiger partial charge is 0.354 e. The third kappa shape index (κ3) is 3.74. The average molecular weight is 259 g/mol. The fourth-order valence-corrected chi connectivity index (χ4v) is 2.41. The highest BCUT2D eigenvalue weighted by Gasteiger charge is 2.01. The Labute approximate surface area is 112 Å². The molecule has 0 amide bonds. The summed E-state index contributed by atoms with van der Waals surface area (Å²) in [4.78, 5) is 9.88. The van der Waals surface area contributed by atoms with Crippen molar-refractivity contribution in [3.05, 3.63) is 42.1 Å². The van der Waals surface area contributed by atoms with Crippen LogP contribution in [0.1, 0.15) is 18.9 Å². The molecule has 0 unspecified atom stereocenters. The summed E-state index contributed by atoms with van der Waals surface area (Å²) in [5.74, 6) is 0.703. The summed E-state index contributed by atoms with van der Waals surface area (Å²) in [5.41, 5.74) is 1.26. The van der Waals surface area contributed by atoms with E-state index in [1.807, 2.05) is 6.07 Å². The molecule has 0 spiro atoms. The molecule has 1 N–H and O–H groups in total. The normalized spacial score (nSPS) is 10.3. The molecule has 0 saturated heterocycles. The van der Waals surface area contributed by atoms with Crippen LogP contribution in [-0.2, 0) is 0 Å². The number of rotatable bonds is 5. The van der Waals surface area contributed by atoms with Crippen LogP contribution in [0.25, 0.3) is 0 Å². The van der Waals surface area contributed by atoms with Gasteiger partial charge in [-0.2, -0.15) is 0 Å². The van der Waals surface area contributed by atoms with Crippen LogP contribution >= 0.6 is 11.8 Å². The minimum absolute atomic E-state index is 0.703. The second kappa shape index (κ2) is 6.40. The highest BCUT2D eigenvalue weighted by molar-refractivity contribution is 7.99. The highest BCUT2D eigenvalue weighted by atomic mass is 32.2. The van der Waals surface area contributed by atoms with Gasteiger partial charge in [-0.3, -0.25) is 0 Å². The minimum Gasteiger partial charge on any atom is -0.354 e. The molecule has 4 heteroatoms. The van der Waals surface area contributed by atoms with Crippen molar-refractivity contribution in [2.75, 3.05) is 11.9 Å². The number of hydrogen-bond donors (Lipinski definition) is 1. The Morgan fingerprint density at radius 3 is 2.94 bits per heavy atom. The molecule has 2 aromatic rings. The Bertz CT molecular complexity index is 514. The summed E-state index contributed by atoms with van der Waals surface area (Å²) in [6, 6.07) is 10.3. The molecule has 1 heterocycles. The fourth-order valence-electron chi connectivity index (χ4n) is 1.52. The van der Waals surface area contributed by atoms with Gasteiger partial charge in [0.25, 0.3) is 0 Å². The number of benzene rings is 1. The molecule has 18 heavy (non-hydrogen) atoms. The van der Waals surface area contributed by atoms with E-state index in [0.29, 0.717) is 5.95 Å². The van der Waals surface area contributed by atoms with Crippen LogP contribution in [0.3, 0.4) is 0 Å². The third-order valence-corrected chi connectivity index (χ3v) is 3.30. The molecule has 0 bridgehead atoms. The van der Waals surface area contributed by atoms with Gasteiger partial charge in [0, 0.05) is 17.6 Å². The lowest BCUT2D eigenvalue weighted by atomic mass is 10.2. The SMILES string of the molecule is CCCNc1nccc(Sc2cccc(C)c2)n1. The summed E-state index contributed by atoms with van der Waals surface area (Å²) in [7, 11) is 0. The molecule has 1 aromatic carbocycles. The Morgan fingerprint density at radius 1 is 1.28 bits per heavy atom. The van der Waals surface area contributed by atoms with Crippen LogP contribution < -0.4 is 5.32 Å². The van der Waals surface area contributed by atoms with Gasteiger partial charge in [-0.15, -0.1) is 0 Å². The second-order valence-corrected chi connectivity index (χ2v) is 5.16. The Hall–Kier alpha value is -1.55. The van der Waals surface area contributed by atoms with Gasteiger partial charge in [0.05, 0.1) is 0 Å². The van der Waals surface area contributed by atoms with E-state index in [0.717, 1.165) is 18.0 Å². The van der Waals surface area contributed by atoms with Gasteiger partial charge in [0.2, 0.25) is 5.95 Å². The number of anilines is 1. The standard InChI is InChI=1S/C14H17N3S/c1-3-8-15-14-16-9-7-13(17-14)18-12-6-4-5-11(2)10-12/h4-7,9-10H,3,8H2,1-2H3,(H,15,16,17). The van der Waals surface area contributed by atoms with Crippen molar-refractivity contribution < 1.29 is 0 Å². The molecule has 1 aromatic heterocycles. The monoisotopic (exact) mass is 259 g/mol. The Kier molecular flexibility index (Phi) is 4.59. The first-order chi connectivity index (χ1) is 8.78. The predicted octanol–water partition coefficient (Wildman–Crippen LogP) is 3.76. The number of aryl methyl sites for hydroxylation is 1. The quantitative estimate of drug-likeness (QED) is 0.830.